The Kier molecular flexibility index (Phi) is 8.99. The Morgan fingerprint density at radius 1 is 0.721 bits per heavy atom. The van der Waals surface area contributed by atoms with Crippen LogP contribution < -0.4 is 24.8 Å². The summed E-state index contributed by atoms with van der Waals surface area (Å²) in [7, 11) is 0. The fourth-order valence-electron chi connectivity index (χ4n) is 10.4. The molecule has 0 heterocycles. The van der Waals surface area contributed by atoms with Crippen LogP contribution in [0.25, 0.3) is 11.1 Å². The molecule has 0 N–H and O–H groups in total. The Morgan fingerprint density at radius 3 is 1.56 bits per heavy atom. The predicted molar refractivity (Wildman–Crippen MR) is 173 cm³/mol. The SMILES string of the molecule is CC1=CC[C]([Zr+2](=[C](C)C)[CH]2c3ccc(C(C)(C)C)cc3-c3cc(C(C)(C)C)ccc32)=C1C12CC3CC(CC(C3)C1)C2.[Cl-].[Cl-]. The van der Waals surface area contributed by atoms with E-state index in [1.165, 1.54) is 56.1 Å². The van der Waals surface area contributed by atoms with E-state index in [1.807, 2.05) is 8.85 Å². The molecule has 0 aliphatic heterocycles. The van der Waals surface area contributed by atoms with Gasteiger partial charge in [-0.05, 0) is 0 Å². The van der Waals surface area contributed by atoms with Crippen molar-refractivity contribution < 1.29 is 46.1 Å². The van der Waals surface area contributed by atoms with E-state index in [1.54, 1.807) is 31.0 Å². The third kappa shape index (κ3) is 5.53. The van der Waals surface area contributed by atoms with E-state index in [0.29, 0.717) is 9.04 Å². The van der Waals surface area contributed by atoms with Crippen LogP contribution in [0.4, 0.5) is 0 Å². The molecule has 6 aliphatic carbocycles. The molecule has 2 aromatic rings. The van der Waals surface area contributed by atoms with Crippen molar-refractivity contribution in [3.63, 3.8) is 0 Å². The van der Waals surface area contributed by atoms with Crippen molar-refractivity contribution in [3.8, 4) is 11.1 Å². The van der Waals surface area contributed by atoms with E-state index >= 15 is 0 Å². The maximum atomic E-state index is 2.66. The smallest absolute Gasteiger partial charge is 1.00 e. The summed E-state index contributed by atoms with van der Waals surface area (Å²) in [5.41, 5.74) is 13.7. The number of benzene rings is 2. The van der Waals surface area contributed by atoms with Gasteiger partial charge in [-0.2, -0.15) is 0 Å². The summed E-state index contributed by atoms with van der Waals surface area (Å²) in [5.74, 6) is 3.00. The van der Waals surface area contributed by atoms with Crippen LogP contribution in [0, 0.1) is 23.2 Å². The third-order valence-corrected chi connectivity index (χ3v) is 20.1. The minimum atomic E-state index is -2.29. The first-order valence-corrected chi connectivity index (χ1v) is 20.5. The van der Waals surface area contributed by atoms with Crippen LogP contribution in [0.3, 0.4) is 0 Å². The zero-order valence-corrected chi connectivity index (χ0v) is 32.0. The van der Waals surface area contributed by atoms with Gasteiger partial charge in [0.25, 0.3) is 0 Å². The molecule has 2 aromatic carbocycles. The van der Waals surface area contributed by atoms with Crippen molar-refractivity contribution >= 4 is 3.21 Å². The molecule has 3 heteroatoms. The van der Waals surface area contributed by atoms with Crippen LogP contribution in [-0.4, -0.2) is 3.21 Å². The summed E-state index contributed by atoms with van der Waals surface area (Å²) in [4.78, 5) is 0. The zero-order valence-electron chi connectivity index (χ0n) is 28.1. The summed E-state index contributed by atoms with van der Waals surface area (Å²) in [5, 5.41) is 0. The number of fused-ring (bicyclic) bond motifs is 3. The van der Waals surface area contributed by atoms with Gasteiger partial charge in [-0.25, -0.2) is 0 Å². The van der Waals surface area contributed by atoms with Crippen LogP contribution in [0.15, 0.2) is 56.9 Å². The number of allylic oxidation sites excluding steroid dienone is 4. The molecule has 4 fully saturated rings. The molecule has 43 heavy (non-hydrogen) atoms. The van der Waals surface area contributed by atoms with Gasteiger partial charge in [0.1, 0.15) is 0 Å². The van der Waals surface area contributed by atoms with Gasteiger partial charge in [-0.1, -0.05) is 0 Å². The average Bonchev–Trinajstić information content (AvgIpc) is 3.40. The molecule has 4 bridgehead atoms. The Balaban J connectivity index is 0.00000184. The molecule has 0 unspecified atom stereocenters. The first kappa shape index (κ1) is 33.6. The van der Waals surface area contributed by atoms with Gasteiger partial charge < -0.3 is 24.8 Å². The Bertz CT molecular complexity index is 1430. The number of halogens is 2. The van der Waals surface area contributed by atoms with Gasteiger partial charge in [-0.15, -0.1) is 0 Å². The average molecular weight is 695 g/mol. The molecule has 6 aliphatic rings. The van der Waals surface area contributed by atoms with Gasteiger partial charge in [-0.3, -0.25) is 0 Å². The fourth-order valence-corrected chi connectivity index (χ4v) is 19.5. The van der Waals surface area contributed by atoms with Crippen LogP contribution in [0.1, 0.15) is 133 Å². The maximum absolute atomic E-state index is 2.66. The first-order valence-electron chi connectivity index (χ1n) is 16.6. The van der Waals surface area contributed by atoms with Gasteiger partial charge >= 0.3 is 260 Å². The molecular weight excluding hydrogens is 643 g/mol. The molecule has 0 spiro atoms. The van der Waals surface area contributed by atoms with E-state index < -0.39 is 21.3 Å². The van der Waals surface area contributed by atoms with Crippen LogP contribution in [0.5, 0.6) is 0 Å². The fraction of sp³-hybridized carbons (Fsp3) is 0.575. The second-order valence-corrected chi connectivity index (χ2v) is 24.5. The van der Waals surface area contributed by atoms with Crippen molar-refractivity contribution in [2.45, 2.75) is 122 Å². The summed E-state index contributed by atoms with van der Waals surface area (Å²) < 4.78 is 4.38. The van der Waals surface area contributed by atoms with Crippen LogP contribution in [0.2, 0.25) is 0 Å². The van der Waals surface area contributed by atoms with Crippen LogP contribution in [-0.2, 0) is 32.1 Å². The van der Waals surface area contributed by atoms with Crippen molar-refractivity contribution in [1.82, 2.24) is 0 Å². The largest absolute Gasteiger partial charge is 1.00 e. The van der Waals surface area contributed by atoms with Crippen molar-refractivity contribution in [1.29, 1.82) is 0 Å². The first-order chi connectivity index (χ1) is 19.2. The van der Waals surface area contributed by atoms with Crippen molar-refractivity contribution in [2.24, 2.45) is 23.2 Å². The van der Waals surface area contributed by atoms with E-state index in [-0.39, 0.29) is 35.6 Å². The van der Waals surface area contributed by atoms with E-state index in [0.717, 1.165) is 17.8 Å². The Hall–Kier alpha value is -0.747. The van der Waals surface area contributed by atoms with Crippen LogP contribution >= 0.6 is 0 Å². The molecular formula is C40H52Cl2Zr. The Morgan fingerprint density at radius 2 is 1.16 bits per heavy atom. The molecule has 0 atom stereocenters. The standard InChI is InChI=1S/C21H25.C16H21.C3H6.2ClH.Zr/c1-20(2,3)16-9-7-14-11-15-8-10-17(21(4,5)6)13-19(15)18(14)12-16;1-11-3-2-4-15(11)16-8-12-5-13(9-16)7-14(6-12)10-16;1-3-2;;;/h7-13H,1-6H3;3,12-14H,2,5-10H2,1H3;1-2H3;2*1H;/q;;;;;+2/p-2. The third-order valence-electron chi connectivity index (χ3n) is 11.8. The topological polar surface area (TPSA) is 0 Å². The quantitative estimate of drug-likeness (QED) is 0.424. The van der Waals surface area contributed by atoms with Crippen molar-refractivity contribution in [2.75, 3.05) is 0 Å². The number of hydrogen-bond donors (Lipinski definition) is 0. The molecule has 0 aromatic heterocycles. The molecule has 8 rings (SSSR count). The summed E-state index contributed by atoms with van der Waals surface area (Å²) >= 11 is -2.29. The van der Waals surface area contributed by atoms with E-state index in [4.69, 9.17) is 0 Å². The van der Waals surface area contributed by atoms with Gasteiger partial charge in [0.15, 0.2) is 0 Å². The van der Waals surface area contributed by atoms with Gasteiger partial charge in [0.2, 0.25) is 0 Å². The summed E-state index contributed by atoms with van der Waals surface area (Å²) in [6.45, 7) is 21.8. The van der Waals surface area contributed by atoms with Gasteiger partial charge in [0.05, 0.1) is 0 Å². The molecule has 0 saturated heterocycles. The summed E-state index contributed by atoms with van der Waals surface area (Å²) in [6, 6.07) is 15.3. The van der Waals surface area contributed by atoms with E-state index in [9.17, 15) is 0 Å². The number of hydrogen-bond acceptors (Lipinski definition) is 0. The van der Waals surface area contributed by atoms with E-state index in [2.05, 4.69) is 105 Å². The molecule has 0 nitrogen and oxygen atoms in total. The molecule has 230 valence electrons. The van der Waals surface area contributed by atoms with Crippen molar-refractivity contribution in [3.05, 3.63) is 79.2 Å². The monoisotopic (exact) mass is 692 g/mol. The minimum absolute atomic E-state index is 0. The maximum Gasteiger partial charge on any atom is -1.00 e. The Labute approximate surface area is 282 Å². The molecule has 0 radical (unpaired) electrons. The van der Waals surface area contributed by atoms with Gasteiger partial charge in [0, 0.05) is 0 Å². The normalized spacial score (nSPS) is 27.2. The minimum Gasteiger partial charge on any atom is -1.00 e. The number of rotatable bonds is 3. The molecule has 4 saturated carbocycles. The zero-order chi connectivity index (χ0) is 29.1. The molecule has 0 amide bonds. The second-order valence-electron chi connectivity index (χ2n) is 17.1. The second kappa shape index (κ2) is 11.5. The predicted octanol–water partition coefficient (Wildman–Crippen LogP) is 5.01. The summed E-state index contributed by atoms with van der Waals surface area (Å²) in [6.07, 6.45) is 13.0.